The van der Waals surface area contributed by atoms with E-state index in [0.717, 1.165) is 0 Å². The van der Waals surface area contributed by atoms with E-state index in [1.807, 2.05) is 0 Å². The van der Waals surface area contributed by atoms with Crippen LogP contribution in [0.2, 0.25) is 0 Å². The second-order valence-corrected chi connectivity index (χ2v) is 3.69. The van der Waals surface area contributed by atoms with Gasteiger partial charge in [-0.3, -0.25) is 4.79 Å². The molecule has 0 spiro atoms. The van der Waals surface area contributed by atoms with E-state index in [2.05, 4.69) is 4.99 Å². The van der Waals surface area contributed by atoms with Gasteiger partial charge in [-0.05, 0) is 12.1 Å². The van der Waals surface area contributed by atoms with Gasteiger partial charge in [-0.15, -0.1) is 0 Å². The van der Waals surface area contributed by atoms with Gasteiger partial charge in [-0.2, -0.15) is 4.99 Å². The number of nitrogens with two attached hydrogens (primary N) is 1. The monoisotopic (exact) mass is 249 g/mol. The van der Waals surface area contributed by atoms with Gasteiger partial charge in [0.25, 0.3) is 6.23 Å². The van der Waals surface area contributed by atoms with Crippen LogP contribution in [-0.2, 0) is 9.53 Å². The summed E-state index contributed by atoms with van der Waals surface area (Å²) in [6.45, 7) is 0. The first kappa shape index (κ1) is 11.9. The molecule has 0 saturated carbocycles. The number of hydrogen-bond acceptors (Lipinski definition) is 6. The molecule has 2 rings (SSSR count). The zero-order valence-corrected chi connectivity index (χ0v) is 9.53. The summed E-state index contributed by atoms with van der Waals surface area (Å²) in [5.41, 5.74) is 5.39. The van der Waals surface area contributed by atoms with Crippen LogP contribution in [0.3, 0.4) is 0 Å². The third-order valence-corrected chi connectivity index (χ3v) is 2.49. The first-order valence-corrected chi connectivity index (χ1v) is 5.10. The van der Waals surface area contributed by atoms with Crippen molar-refractivity contribution in [3.05, 3.63) is 29.8 Å². The second kappa shape index (κ2) is 4.36. The Morgan fingerprint density at radius 1 is 1.50 bits per heavy atom. The molecule has 0 aromatic heterocycles. The molecule has 1 aliphatic heterocycles. The predicted molar refractivity (Wildman–Crippen MR) is 61.7 cm³/mol. The topological polar surface area (TPSA) is 105 Å². The van der Waals surface area contributed by atoms with Gasteiger partial charge in [0.15, 0.2) is 0 Å². The molecule has 1 unspecified atom stereocenters. The predicted octanol–water partition coefficient (Wildman–Crippen LogP) is -0.338. The van der Waals surface area contributed by atoms with Crippen LogP contribution in [0.5, 0.6) is 5.75 Å². The molecule has 18 heavy (non-hydrogen) atoms. The van der Waals surface area contributed by atoms with Crippen LogP contribution in [0.4, 0.5) is 0 Å². The number of ether oxygens (including phenoxy) is 1. The first-order chi connectivity index (χ1) is 8.50. The third-order valence-electron chi connectivity index (χ3n) is 2.49. The summed E-state index contributed by atoms with van der Waals surface area (Å²) in [7, 11) is 1.48. The maximum Gasteiger partial charge on any atom is 0.344 e. The summed E-state index contributed by atoms with van der Waals surface area (Å²) in [4.78, 5) is 27.9. The van der Waals surface area contributed by atoms with Crippen LogP contribution in [0.1, 0.15) is 10.4 Å². The van der Waals surface area contributed by atoms with E-state index in [4.69, 9.17) is 10.5 Å². The summed E-state index contributed by atoms with van der Waals surface area (Å²) >= 11 is 0. The average Bonchev–Trinajstić information content (AvgIpc) is 2.56. The van der Waals surface area contributed by atoms with Gasteiger partial charge in [0.2, 0.25) is 5.96 Å². The van der Waals surface area contributed by atoms with Crippen molar-refractivity contribution >= 4 is 17.8 Å². The van der Waals surface area contributed by atoms with Crippen molar-refractivity contribution in [3.63, 3.8) is 0 Å². The van der Waals surface area contributed by atoms with Crippen LogP contribution in [0, 0.1) is 0 Å². The fraction of sp³-hybridized carbons (Fsp3) is 0.182. The van der Waals surface area contributed by atoms with Gasteiger partial charge in [-0.25, -0.2) is 4.79 Å². The van der Waals surface area contributed by atoms with E-state index in [-0.39, 0.29) is 17.3 Å². The van der Waals surface area contributed by atoms with Crippen molar-refractivity contribution in [2.75, 3.05) is 7.05 Å². The Morgan fingerprint density at radius 3 is 2.72 bits per heavy atom. The molecule has 1 aromatic rings. The van der Waals surface area contributed by atoms with Gasteiger partial charge in [0.05, 0.1) is 0 Å². The van der Waals surface area contributed by atoms with Crippen LogP contribution >= 0.6 is 0 Å². The summed E-state index contributed by atoms with van der Waals surface area (Å²) in [5, 5.41) is 9.49. The highest BCUT2D eigenvalue weighted by Crippen LogP contribution is 2.19. The molecule has 1 atom stereocenters. The van der Waals surface area contributed by atoms with E-state index in [1.54, 1.807) is 12.1 Å². The largest absolute Gasteiger partial charge is 0.507 e. The first-order valence-electron chi connectivity index (χ1n) is 5.10. The highest BCUT2D eigenvalue weighted by molar-refractivity contribution is 6.03. The number of amides is 1. The summed E-state index contributed by atoms with van der Waals surface area (Å²) in [6.07, 6.45) is -1.18. The molecule has 7 heteroatoms. The standard InChI is InChI=1S/C11H11N3O4/c1-14-9(8(16)13-11(14)12)18-10(17)6-4-2-3-5-7(6)15/h2-5,9,15H,1H3,(H2,12,13,16). The smallest absolute Gasteiger partial charge is 0.344 e. The number of nitrogens with zero attached hydrogens (tertiary/aromatic N) is 2. The maximum absolute atomic E-state index is 11.8. The molecule has 94 valence electrons. The minimum absolute atomic E-state index is 0.0184. The van der Waals surface area contributed by atoms with Crippen molar-refractivity contribution in [2.24, 2.45) is 10.7 Å². The number of carbonyl (C=O) groups excluding carboxylic acids is 2. The van der Waals surface area contributed by atoms with Crippen molar-refractivity contribution < 1.29 is 19.4 Å². The Labute approximate surface area is 102 Å². The van der Waals surface area contributed by atoms with Gasteiger partial charge in [0, 0.05) is 7.05 Å². The van der Waals surface area contributed by atoms with E-state index in [1.165, 1.54) is 24.1 Å². The lowest BCUT2D eigenvalue weighted by Crippen LogP contribution is -2.41. The number of carbonyl (C=O) groups is 2. The van der Waals surface area contributed by atoms with E-state index >= 15 is 0 Å². The van der Waals surface area contributed by atoms with Crippen LogP contribution in [0.25, 0.3) is 0 Å². The molecule has 1 aliphatic rings. The SMILES string of the molecule is CN1C(N)=NC(=O)C1OC(=O)c1ccccc1O. The van der Waals surface area contributed by atoms with Gasteiger partial charge in [0.1, 0.15) is 11.3 Å². The summed E-state index contributed by atoms with van der Waals surface area (Å²) in [6, 6.07) is 5.88. The number of likely N-dealkylation sites (N-methyl/N-ethyl adjacent to an activating group) is 1. The summed E-state index contributed by atoms with van der Waals surface area (Å²) in [5.74, 6) is -1.71. The average molecular weight is 249 g/mol. The van der Waals surface area contributed by atoms with Crippen LogP contribution < -0.4 is 5.73 Å². The van der Waals surface area contributed by atoms with Crippen molar-refractivity contribution in [2.45, 2.75) is 6.23 Å². The van der Waals surface area contributed by atoms with Gasteiger partial charge in [-0.1, -0.05) is 12.1 Å². The number of benzene rings is 1. The number of rotatable bonds is 2. The molecule has 7 nitrogen and oxygen atoms in total. The molecule has 0 radical (unpaired) electrons. The lowest BCUT2D eigenvalue weighted by atomic mass is 10.2. The highest BCUT2D eigenvalue weighted by Gasteiger charge is 2.35. The fourth-order valence-electron chi connectivity index (χ4n) is 1.47. The molecule has 1 aromatic carbocycles. The maximum atomic E-state index is 11.8. The number of hydrogen-bond donors (Lipinski definition) is 2. The summed E-state index contributed by atoms with van der Waals surface area (Å²) < 4.78 is 4.96. The number of guanidine groups is 1. The molecule has 1 heterocycles. The Hall–Kier alpha value is -2.57. The lowest BCUT2D eigenvalue weighted by molar-refractivity contribution is -0.129. The fourth-order valence-corrected chi connectivity index (χ4v) is 1.47. The van der Waals surface area contributed by atoms with Crippen molar-refractivity contribution in [3.8, 4) is 5.75 Å². The lowest BCUT2D eigenvalue weighted by Gasteiger charge is -2.19. The van der Waals surface area contributed by atoms with E-state index in [9.17, 15) is 14.7 Å². The van der Waals surface area contributed by atoms with E-state index in [0.29, 0.717) is 0 Å². The second-order valence-electron chi connectivity index (χ2n) is 3.69. The van der Waals surface area contributed by atoms with Crippen molar-refractivity contribution in [1.29, 1.82) is 0 Å². The number of phenolic OH excluding ortho intramolecular Hbond substituents is 1. The Balaban J connectivity index is 2.14. The molecule has 1 amide bonds. The van der Waals surface area contributed by atoms with Gasteiger partial charge < -0.3 is 20.5 Å². The minimum atomic E-state index is -1.18. The molecular formula is C11H11N3O4. The zero-order valence-electron chi connectivity index (χ0n) is 9.53. The van der Waals surface area contributed by atoms with Crippen LogP contribution in [0.15, 0.2) is 29.3 Å². The number of phenols is 1. The van der Waals surface area contributed by atoms with Gasteiger partial charge >= 0.3 is 11.9 Å². The Morgan fingerprint density at radius 2 is 2.17 bits per heavy atom. The minimum Gasteiger partial charge on any atom is -0.507 e. The molecule has 0 aliphatic carbocycles. The normalized spacial score (nSPS) is 18.7. The van der Waals surface area contributed by atoms with E-state index < -0.39 is 18.1 Å². The molecule has 0 fully saturated rings. The van der Waals surface area contributed by atoms with Crippen molar-refractivity contribution in [1.82, 2.24) is 4.90 Å². The van der Waals surface area contributed by atoms with Crippen LogP contribution in [-0.4, -0.2) is 41.1 Å². The highest BCUT2D eigenvalue weighted by atomic mass is 16.6. The zero-order chi connectivity index (χ0) is 13.3. The number of esters is 1. The Kier molecular flexibility index (Phi) is 2.88. The Bertz CT molecular complexity index is 541. The number of aromatic hydroxyl groups is 1. The third kappa shape index (κ3) is 1.97. The molecule has 3 N–H and O–H groups in total. The quantitative estimate of drug-likeness (QED) is 0.695. The number of aliphatic imine (C=N–C) groups is 1. The molecule has 0 saturated heterocycles. The molecule has 0 bridgehead atoms. The number of para-hydroxylation sites is 1. The molecular weight excluding hydrogens is 238 g/mol.